The van der Waals surface area contributed by atoms with Gasteiger partial charge in [-0.15, -0.1) is 0 Å². The molecule has 21 heavy (non-hydrogen) atoms. The van der Waals surface area contributed by atoms with Gasteiger partial charge in [0.25, 0.3) is 0 Å². The van der Waals surface area contributed by atoms with Gasteiger partial charge in [-0.25, -0.2) is 4.39 Å². The fourth-order valence-corrected chi connectivity index (χ4v) is 2.50. The van der Waals surface area contributed by atoms with Gasteiger partial charge >= 0.3 is 0 Å². The van der Waals surface area contributed by atoms with Crippen LogP contribution in [0.15, 0.2) is 54.6 Å². The molecule has 0 spiro atoms. The second-order valence-electron chi connectivity index (χ2n) is 5.33. The minimum atomic E-state index is -0.390. The summed E-state index contributed by atoms with van der Waals surface area (Å²) in [7, 11) is 0. The maximum absolute atomic E-state index is 13.9. The van der Waals surface area contributed by atoms with Gasteiger partial charge in [0.1, 0.15) is 5.82 Å². The van der Waals surface area contributed by atoms with Gasteiger partial charge in [0, 0.05) is 29.1 Å². The van der Waals surface area contributed by atoms with E-state index >= 15 is 0 Å². The van der Waals surface area contributed by atoms with Crippen LogP contribution in [0.1, 0.15) is 22.9 Å². The van der Waals surface area contributed by atoms with Gasteiger partial charge in [-0.2, -0.15) is 0 Å². The number of nitrogens with zero attached hydrogens (tertiary/aromatic N) is 1. The van der Waals surface area contributed by atoms with Crippen molar-refractivity contribution in [1.82, 2.24) is 4.98 Å². The lowest BCUT2D eigenvalue weighted by Gasteiger charge is -2.13. The summed E-state index contributed by atoms with van der Waals surface area (Å²) in [6, 6.07) is 16.5. The van der Waals surface area contributed by atoms with E-state index in [9.17, 15) is 4.39 Å². The number of halogens is 1. The normalized spacial score (nSPS) is 12.5. The van der Waals surface area contributed by atoms with E-state index in [1.54, 1.807) is 12.1 Å². The molecule has 2 N–H and O–H groups in total. The van der Waals surface area contributed by atoms with Gasteiger partial charge in [0.15, 0.2) is 0 Å². The monoisotopic (exact) mass is 280 g/mol. The predicted octanol–water partition coefficient (Wildman–Crippen LogP) is 3.92. The molecule has 0 aliphatic carbocycles. The minimum absolute atomic E-state index is 0.256. The Labute approximate surface area is 123 Å². The number of fused-ring (bicyclic) bond motifs is 1. The van der Waals surface area contributed by atoms with Gasteiger partial charge in [-0.05, 0) is 25.1 Å². The number of hydrogen-bond acceptors (Lipinski definition) is 2. The summed E-state index contributed by atoms with van der Waals surface area (Å²) in [5.74, 6) is -0.256. The minimum Gasteiger partial charge on any atom is -0.324 e. The maximum Gasteiger partial charge on any atom is 0.128 e. The van der Waals surface area contributed by atoms with E-state index in [1.807, 2.05) is 43.3 Å². The van der Waals surface area contributed by atoms with Crippen molar-refractivity contribution >= 4 is 10.9 Å². The molecule has 2 nitrogen and oxygen atoms in total. The van der Waals surface area contributed by atoms with Gasteiger partial charge < -0.3 is 5.73 Å². The molecule has 0 bridgehead atoms. The number of hydrogen-bond donors (Lipinski definition) is 1. The highest BCUT2D eigenvalue weighted by molar-refractivity contribution is 5.78. The molecule has 0 saturated heterocycles. The number of nitrogens with two attached hydrogens (primary N) is 1. The third-order valence-electron chi connectivity index (χ3n) is 3.64. The molecule has 1 heterocycles. The van der Waals surface area contributed by atoms with Crippen molar-refractivity contribution in [2.75, 3.05) is 0 Å². The van der Waals surface area contributed by atoms with Crippen molar-refractivity contribution < 1.29 is 4.39 Å². The fraction of sp³-hybridized carbons (Fsp3) is 0.167. The van der Waals surface area contributed by atoms with E-state index in [0.29, 0.717) is 12.0 Å². The van der Waals surface area contributed by atoms with Gasteiger partial charge in [-0.1, -0.05) is 42.0 Å². The van der Waals surface area contributed by atoms with Crippen LogP contribution >= 0.6 is 0 Å². The van der Waals surface area contributed by atoms with Crippen LogP contribution in [0.3, 0.4) is 0 Å². The van der Waals surface area contributed by atoms with Gasteiger partial charge in [-0.3, -0.25) is 4.98 Å². The summed E-state index contributed by atoms with van der Waals surface area (Å²) in [4.78, 5) is 4.59. The van der Waals surface area contributed by atoms with Crippen molar-refractivity contribution in [3.05, 3.63) is 77.2 Å². The van der Waals surface area contributed by atoms with Crippen molar-refractivity contribution in [3.8, 4) is 0 Å². The molecule has 3 rings (SSSR count). The molecular weight excluding hydrogens is 263 g/mol. The molecule has 1 unspecified atom stereocenters. The average Bonchev–Trinajstić information content (AvgIpc) is 2.49. The Morgan fingerprint density at radius 1 is 1.10 bits per heavy atom. The quantitative estimate of drug-likeness (QED) is 0.789. The van der Waals surface area contributed by atoms with Crippen LogP contribution in [0.4, 0.5) is 4.39 Å². The summed E-state index contributed by atoms with van der Waals surface area (Å²) in [5, 5.41) is 1.09. The first-order valence-electron chi connectivity index (χ1n) is 7.00. The number of para-hydroxylation sites is 1. The lowest BCUT2D eigenvalue weighted by molar-refractivity contribution is 0.577. The van der Waals surface area contributed by atoms with E-state index in [4.69, 9.17) is 5.73 Å². The molecule has 106 valence electrons. The third-order valence-corrected chi connectivity index (χ3v) is 3.64. The van der Waals surface area contributed by atoms with Gasteiger partial charge in [0.05, 0.1) is 5.52 Å². The molecule has 2 aromatic carbocycles. The number of aromatic nitrogens is 1. The largest absolute Gasteiger partial charge is 0.324 e. The van der Waals surface area contributed by atoms with Gasteiger partial charge in [0.2, 0.25) is 0 Å². The fourth-order valence-electron chi connectivity index (χ4n) is 2.50. The molecule has 3 aromatic rings. The number of pyridine rings is 1. The van der Waals surface area contributed by atoms with Crippen molar-refractivity contribution in [1.29, 1.82) is 0 Å². The zero-order valence-electron chi connectivity index (χ0n) is 11.9. The summed E-state index contributed by atoms with van der Waals surface area (Å²) < 4.78 is 13.9. The molecule has 0 fully saturated rings. The van der Waals surface area contributed by atoms with Crippen LogP contribution in [0, 0.1) is 12.7 Å². The lowest BCUT2D eigenvalue weighted by Crippen LogP contribution is -2.16. The summed E-state index contributed by atoms with van der Waals surface area (Å²) >= 11 is 0. The standard InChI is InChI=1S/C18H17FN2/c1-12-6-9-16(19)15(10-12)17(20)11-14-8-7-13-4-2-3-5-18(13)21-14/h2-10,17H,11,20H2,1H3. The molecule has 3 heteroatoms. The summed E-state index contributed by atoms with van der Waals surface area (Å²) in [6.45, 7) is 1.93. The Kier molecular flexibility index (Phi) is 3.67. The first-order chi connectivity index (χ1) is 10.1. The molecule has 1 atom stereocenters. The van der Waals surface area contributed by atoms with E-state index in [2.05, 4.69) is 4.98 Å². The highest BCUT2D eigenvalue weighted by Gasteiger charge is 2.13. The maximum atomic E-state index is 13.9. The summed E-state index contributed by atoms with van der Waals surface area (Å²) in [6.07, 6.45) is 0.519. The number of rotatable bonds is 3. The van der Waals surface area contributed by atoms with Crippen LogP contribution in [-0.2, 0) is 6.42 Å². The van der Waals surface area contributed by atoms with Crippen molar-refractivity contribution in [2.24, 2.45) is 5.73 Å². The number of aryl methyl sites for hydroxylation is 1. The Bertz CT molecular complexity index is 783. The molecule has 0 radical (unpaired) electrons. The molecular formula is C18H17FN2. The lowest BCUT2D eigenvalue weighted by atomic mass is 10.00. The second kappa shape index (κ2) is 5.62. The van der Waals surface area contributed by atoms with E-state index in [1.165, 1.54) is 6.07 Å². The Hall–Kier alpha value is -2.26. The molecule has 0 amide bonds. The van der Waals surface area contributed by atoms with E-state index < -0.39 is 6.04 Å². The van der Waals surface area contributed by atoms with E-state index in [-0.39, 0.29) is 5.82 Å². The molecule has 0 aliphatic heterocycles. The van der Waals surface area contributed by atoms with Crippen molar-refractivity contribution in [2.45, 2.75) is 19.4 Å². The highest BCUT2D eigenvalue weighted by atomic mass is 19.1. The van der Waals surface area contributed by atoms with Crippen LogP contribution in [0.5, 0.6) is 0 Å². The highest BCUT2D eigenvalue weighted by Crippen LogP contribution is 2.21. The molecule has 0 aliphatic rings. The zero-order valence-corrected chi connectivity index (χ0v) is 11.9. The smallest absolute Gasteiger partial charge is 0.128 e. The first-order valence-corrected chi connectivity index (χ1v) is 7.00. The van der Waals surface area contributed by atoms with Crippen LogP contribution in [-0.4, -0.2) is 4.98 Å². The third kappa shape index (κ3) is 2.93. The van der Waals surface area contributed by atoms with E-state index in [0.717, 1.165) is 22.2 Å². The second-order valence-corrected chi connectivity index (χ2v) is 5.33. The topological polar surface area (TPSA) is 38.9 Å². The SMILES string of the molecule is Cc1ccc(F)c(C(N)Cc2ccc3ccccc3n2)c1. The Balaban J connectivity index is 1.88. The Morgan fingerprint density at radius 3 is 2.76 bits per heavy atom. The number of benzene rings is 2. The molecule has 1 aromatic heterocycles. The zero-order chi connectivity index (χ0) is 14.8. The Morgan fingerprint density at radius 2 is 1.90 bits per heavy atom. The predicted molar refractivity (Wildman–Crippen MR) is 83.5 cm³/mol. The first kappa shape index (κ1) is 13.7. The summed E-state index contributed by atoms with van der Waals surface area (Å²) in [5.41, 5.74) is 9.53. The average molecular weight is 280 g/mol. The van der Waals surface area contributed by atoms with Crippen molar-refractivity contribution in [3.63, 3.8) is 0 Å². The molecule has 0 saturated carbocycles. The van der Waals surface area contributed by atoms with Crippen LogP contribution in [0.2, 0.25) is 0 Å². The van der Waals surface area contributed by atoms with Crippen LogP contribution < -0.4 is 5.73 Å². The van der Waals surface area contributed by atoms with Crippen LogP contribution in [0.25, 0.3) is 10.9 Å².